The van der Waals surface area contributed by atoms with Crippen molar-refractivity contribution in [2.24, 2.45) is 5.92 Å². The van der Waals surface area contributed by atoms with E-state index in [1.54, 1.807) is 0 Å². The minimum absolute atomic E-state index is 0.352. The van der Waals surface area contributed by atoms with Gasteiger partial charge < -0.3 is 4.90 Å². The number of rotatable bonds is 3. The highest BCUT2D eigenvalue weighted by Crippen LogP contribution is 2.36. The molecule has 0 radical (unpaired) electrons. The van der Waals surface area contributed by atoms with E-state index in [-0.39, 0.29) is 0 Å². The second-order valence-corrected chi connectivity index (χ2v) is 5.70. The highest BCUT2D eigenvalue weighted by atomic mass is 16.1. The van der Waals surface area contributed by atoms with Crippen molar-refractivity contribution in [3.05, 3.63) is 24.4 Å². The van der Waals surface area contributed by atoms with Crippen LogP contribution in [0.2, 0.25) is 0 Å². The van der Waals surface area contributed by atoms with Crippen LogP contribution in [-0.2, 0) is 4.79 Å². The van der Waals surface area contributed by atoms with Crippen molar-refractivity contribution in [1.29, 1.82) is 0 Å². The zero-order valence-electron chi connectivity index (χ0n) is 11.6. The lowest BCUT2D eigenvalue weighted by atomic mass is 9.75. The lowest BCUT2D eigenvalue weighted by molar-refractivity contribution is -0.119. The number of nitrogens with zero attached hydrogens (tertiary/aromatic N) is 2. The molecule has 0 aromatic heterocycles. The minimum Gasteiger partial charge on any atom is -0.383 e. The Bertz CT molecular complexity index is 354. The third kappa shape index (κ3) is 2.83. The summed E-state index contributed by atoms with van der Waals surface area (Å²) in [4.78, 5) is 16.6. The van der Waals surface area contributed by atoms with Gasteiger partial charge in [0.05, 0.1) is 0 Å². The molecule has 0 N–H and O–H groups in total. The molecule has 2 aliphatic rings. The van der Waals surface area contributed by atoms with Crippen LogP contribution in [0.1, 0.15) is 25.7 Å². The van der Waals surface area contributed by atoms with Gasteiger partial charge in [0.25, 0.3) is 0 Å². The minimum atomic E-state index is 0.352. The fraction of sp³-hybridized carbons (Fsp3) is 0.667. The first-order valence-corrected chi connectivity index (χ1v) is 6.87. The summed E-state index contributed by atoms with van der Waals surface area (Å²) in [5.41, 5.74) is 0.997. The van der Waals surface area contributed by atoms with Gasteiger partial charge in [-0.2, -0.15) is 0 Å². The molecule has 3 heteroatoms. The second kappa shape index (κ2) is 5.70. The number of carbonyl (C=O) groups excluding carboxylic acids is 1. The van der Waals surface area contributed by atoms with Crippen LogP contribution in [-0.4, -0.2) is 48.8 Å². The first-order chi connectivity index (χ1) is 8.61. The van der Waals surface area contributed by atoms with Crippen molar-refractivity contribution in [3.8, 4) is 0 Å². The molecular formula is C15H24N2O. The number of hydrogen-bond acceptors (Lipinski definition) is 3. The normalized spacial score (nSPS) is 31.2. The Balaban J connectivity index is 2.14. The van der Waals surface area contributed by atoms with Gasteiger partial charge in [-0.1, -0.05) is 6.08 Å². The number of Topliss-reactive ketones (excluding diaryl/α,β-unsaturated/α-hetero) is 1. The molecule has 2 atom stereocenters. The largest absolute Gasteiger partial charge is 0.383 e. The van der Waals surface area contributed by atoms with E-state index in [2.05, 4.69) is 11.5 Å². The number of ketones is 1. The highest BCUT2D eigenvalue weighted by Gasteiger charge is 2.37. The molecule has 1 aliphatic heterocycles. The molecule has 2 rings (SSSR count). The number of likely N-dealkylation sites (tertiary alicyclic amines) is 1. The maximum Gasteiger partial charge on any atom is 0.160 e. The number of carbonyl (C=O) groups is 1. The topological polar surface area (TPSA) is 23.6 Å². The molecule has 0 spiro atoms. The van der Waals surface area contributed by atoms with Gasteiger partial charge in [-0.15, -0.1) is 6.58 Å². The molecule has 0 amide bonds. The maximum absolute atomic E-state index is 12.1. The molecule has 2 fully saturated rings. The lowest BCUT2D eigenvalue weighted by Crippen LogP contribution is -2.48. The van der Waals surface area contributed by atoms with E-state index in [9.17, 15) is 4.79 Å². The second-order valence-electron chi connectivity index (χ2n) is 5.70. The van der Waals surface area contributed by atoms with Gasteiger partial charge in [-0.05, 0) is 31.7 Å². The number of piperidine rings is 1. The Kier molecular flexibility index (Phi) is 4.23. The van der Waals surface area contributed by atoms with Crippen LogP contribution in [0.15, 0.2) is 24.4 Å². The molecule has 1 aliphatic carbocycles. The van der Waals surface area contributed by atoms with Crippen LogP contribution in [0.5, 0.6) is 0 Å². The van der Waals surface area contributed by atoms with Gasteiger partial charge in [0.15, 0.2) is 5.78 Å². The average molecular weight is 248 g/mol. The van der Waals surface area contributed by atoms with E-state index in [1.807, 2.05) is 31.3 Å². The fourth-order valence-electron chi connectivity index (χ4n) is 3.28. The fourth-order valence-corrected chi connectivity index (χ4v) is 3.28. The van der Waals surface area contributed by atoms with Crippen molar-refractivity contribution in [3.63, 3.8) is 0 Å². The molecule has 0 bridgehead atoms. The Labute approximate surface area is 110 Å². The van der Waals surface area contributed by atoms with Gasteiger partial charge in [-0.25, -0.2) is 0 Å². The van der Waals surface area contributed by atoms with Crippen LogP contribution in [0.3, 0.4) is 0 Å². The van der Waals surface area contributed by atoms with Gasteiger partial charge in [0.1, 0.15) is 0 Å². The van der Waals surface area contributed by atoms with E-state index in [1.165, 1.54) is 12.8 Å². The molecule has 0 aromatic carbocycles. The Hall–Kier alpha value is -1.09. The molecule has 3 nitrogen and oxygen atoms in total. The zero-order chi connectivity index (χ0) is 13.1. The summed E-state index contributed by atoms with van der Waals surface area (Å²) in [6, 6.07) is 0.542. The smallest absolute Gasteiger partial charge is 0.160 e. The Morgan fingerprint density at radius 2 is 2.22 bits per heavy atom. The summed E-state index contributed by atoms with van der Waals surface area (Å²) in [5.74, 6) is 0.913. The predicted octanol–water partition coefficient (Wildman–Crippen LogP) is 2.06. The molecule has 1 saturated heterocycles. The monoisotopic (exact) mass is 248 g/mol. The highest BCUT2D eigenvalue weighted by molar-refractivity contribution is 5.96. The summed E-state index contributed by atoms with van der Waals surface area (Å²) in [6.45, 7) is 5.94. The van der Waals surface area contributed by atoms with Crippen molar-refractivity contribution in [2.45, 2.75) is 31.7 Å². The first kappa shape index (κ1) is 13.3. The molecule has 1 heterocycles. The SMILES string of the molecule is C=CCN1CCC[C@H]2CC(=O)C(=CN(C)C)C[C@@H]21. The zero-order valence-corrected chi connectivity index (χ0v) is 11.6. The molecular weight excluding hydrogens is 224 g/mol. The van der Waals surface area contributed by atoms with Crippen LogP contribution < -0.4 is 0 Å². The standard InChI is InChI=1S/C15H24N2O/c1-4-7-17-8-5-6-12-10-15(18)13(9-14(12)17)11-16(2)3/h4,11-12,14H,1,5-10H2,2-3H3/t12-,14-/m0/s1. The van der Waals surface area contributed by atoms with Gasteiger partial charge >= 0.3 is 0 Å². The summed E-state index contributed by atoms with van der Waals surface area (Å²) in [7, 11) is 3.96. The van der Waals surface area contributed by atoms with E-state index < -0.39 is 0 Å². The van der Waals surface area contributed by atoms with Gasteiger partial charge in [0.2, 0.25) is 0 Å². The average Bonchev–Trinajstić information content (AvgIpc) is 2.31. The summed E-state index contributed by atoms with van der Waals surface area (Å²) >= 11 is 0. The molecule has 0 aromatic rings. The van der Waals surface area contributed by atoms with Crippen molar-refractivity contribution >= 4 is 5.78 Å². The molecule has 1 saturated carbocycles. The van der Waals surface area contributed by atoms with Crippen molar-refractivity contribution < 1.29 is 4.79 Å². The van der Waals surface area contributed by atoms with Gasteiger partial charge in [0, 0.05) is 44.9 Å². The van der Waals surface area contributed by atoms with Crippen LogP contribution in [0.4, 0.5) is 0 Å². The third-order valence-electron chi connectivity index (χ3n) is 4.05. The van der Waals surface area contributed by atoms with Crippen LogP contribution >= 0.6 is 0 Å². The van der Waals surface area contributed by atoms with Crippen LogP contribution in [0.25, 0.3) is 0 Å². The van der Waals surface area contributed by atoms with Gasteiger partial charge in [-0.3, -0.25) is 9.69 Å². The molecule has 0 unspecified atom stereocenters. The third-order valence-corrected chi connectivity index (χ3v) is 4.05. The Morgan fingerprint density at radius 1 is 1.44 bits per heavy atom. The number of fused-ring (bicyclic) bond motifs is 1. The van der Waals surface area contributed by atoms with Crippen molar-refractivity contribution in [2.75, 3.05) is 27.2 Å². The molecule has 18 heavy (non-hydrogen) atoms. The predicted molar refractivity (Wildman–Crippen MR) is 74.3 cm³/mol. The van der Waals surface area contributed by atoms with E-state index in [0.29, 0.717) is 17.7 Å². The van der Waals surface area contributed by atoms with E-state index in [4.69, 9.17) is 0 Å². The summed E-state index contributed by atoms with van der Waals surface area (Å²) in [5, 5.41) is 0. The van der Waals surface area contributed by atoms with E-state index in [0.717, 1.165) is 31.5 Å². The van der Waals surface area contributed by atoms with Crippen LogP contribution in [0, 0.1) is 5.92 Å². The maximum atomic E-state index is 12.1. The Morgan fingerprint density at radius 3 is 2.89 bits per heavy atom. The van der Waals surface area contributed by atoms with Crippen molar-refractivity contribution in [1.82, 2.24) is 9.80 Å². The lowest BCUT2D eigenvalue weighted by Gasteiger charge is -2.44. The summed E-state index contributed by atoms with van der Waals surface area (Å²) in [6.07, 6.45) is 8.05. The first-order valence-electron chi connectivity index (χ1n) is 6.87. The number of hydrogen-bond donors (Lipinski definition) is 0. The molecule has 100 valence electrons. The quantitative estimate of drug-likeness (QED) is 0.564. The van der Waals surface area contributed by atoms with E-state index >= 15 is 0 Å². The summed E-state index contributed by atoms with van der Waals surface area (Å²) < 4.78 is 0.